The average Bonchev–Trinajstić information content (AvgIpc) is 2.65. The van der Waals surface area contributed by atoms with E-state index in [1.807, 2.05) is 0 Å². The first-order valence-electron chi connectivity index (χ1n) is 7.67. The summed E-state index contributed by atoms with van der Waals surface area (Å²) in [5, 5.41) is 18.9. The number of ether oxygens (including phenoxy) is 2. The van der Waals surface area contributed by atoms with Crippen molar-refractivity contribution >= 4 is 23.5 Å². The maximum atomic E-state index is 11.6. The van der Waals surface area contributed by atoms with Gasteiger partial charge in [-0.05, 0) is 0 Å². The molecule has 0 fully saturated rings. The molecular formula is C20H18O6. The summed E-state index contributed by atoms with van der Waals surface area (Å²) in [4.78, 5) is 23.2. The standard InChI is InChI=1S/C20H18O6/c1-13(15-9-5-3-6-10-15)25-17(19(21)22)18(20(23)24)26-14(2)16-11-7-4-8-12-16/h3-12,17-18H,1-2H2,(H,21,22)(H,23,24)/t17-,18?/m0/s1. The lowest BCUT2D eigenvalue weighted by Gasteiger charge is -2.24. The maximum Gasteiger partial charge on any atom is 0.349 e. The van der Waals surface area contributed by atoms with Crippen LogP contribution in [0.1, 0.15) is 11.1 Å². The summed E-state index contributed by atoms with van der Waals surface area (Å²) < 4.78 is 10.6. The van der Waals surface area contributed by atoms with E-state index in [0.29, 0.717) is 11.1 Å². The van der Waals surface area contributed by atoms with Gasteiger partial charge in [-0.2, -0.15) is 0 Å². The molecule has 6 heteroatoms. The molecule has 0 heterocycles. The number of carbonyl (C=O) groups is 2. The van der Waals surface area contributed by atoms with E-state index in [4.69, 9.17) is 9.47 Å². The monoisotopic (exact) mass is 354 g/mol. The zero-order chi connectivity index (χ0) is 19.1. The van der Waals surface area contributed by atoms with Crippen molar-refractivity contribution in [2.45, 2.75) is 12.2 Å². The first-order chi connectivity index (χ1) is 12.4. The summed E-state index contributed by atoms with van der Waals surface area (Å²) in [6, 6.07) is 17.1. The van der Waals surface area contributed by atoms with E-state index in [2.05, 4.69) is 13.2 Å². The molecule has 0 aliphatic rings. The molecule has 2 rings (SSSR count). The Labute approximate surface area is 150 Å². The fraction of sp³-hybridized carbons (Fsp3) is 0.100. The van der Waals surface area contributed by atoms with Gasteiger partial charge in [0, 0.05) is 11.1 Å². The smallest absolute Gasteiger partial charge is 0.349 e. The summed E-state index contributed by atoms with van der Waals surface area (Å²) in [7, 11) is 0. The molecule has 0 bridgehead atoms. The molecule has 0 aliphatic heterocycles. The van der Waals surface area contributed by atoms with Crippen LogP contribution in [-0.4, -0.2) is 34.4 Å². The van der Waals surface area contributed by atoms with Crippen molar-refractivity contribution < 1.29 is 29.3 Å². The highest BCUT2D eigenvalue weighted by Crippen LogP contribution is 2.22. The number of aliphatic carboxylic acids is 2. The molecule has 2 aromatic rings. The quantitative estimate of drug-likeness (QED) is 0.672. The number of rotatable bonds is 9. The van der Waals surface area contributed by atoms with Crippen molar-refractivity contribution in [2.75, 3.05) is 0 Å². The topological polar surface area (TPSA) is 93.1 Å². The molecule has 0 saturated heterocycles. The van der Waals surface area contributed by atoms with Gasteiger partial charge in [-0.15, -0.1) is 0 Å². The molecule has 0 aliphatic carbocycles. The van der Waals surface area contributed by atoms with E-state index in [-0.39, 0.29) is 11.5 Å². The molecule has 1 unspecified atom stereocenters. The van der Waals surface area contributed by atoms with Crippen molar-refractivity contribution in [3.63, 3.8) is 0 Å². The molecular weight excluding hydrogens is 336 g/mol. The van der Waals surface area contributed by atoms with E-state index < -0.39 is 24.1 Å². The third-order valence-electron chi connectivity index (χ3n) is 3.49. The van der Waals surface area contributed by atoms with Gasteiger partial charge < -0.3 is 19.7 Å². The van der Waals surface area contributed by atoms with Crippen LogP contribution < -0.4 is 0 Å². The van der Waals surface area contributed by atoms with E-state index in [1.165, 1.54) is 0 Å². The average molecular weight is 354 g/mol. The highest BCUT2D eigenvalue weighted by molar-refractivity contribution is 5.85. The second kappa shape index (κ2) is 8.53. The summed E-state index contributed by atoms with van der Waals surface area (Å²) in [5.41, 5.74) is 1.06. The third kappa shape index (κ3) is 4.73. The van der Waals surface area contributed by atoms with Crippen LogP contribution in [0, 0.1) is 0 Å². The number of carboxylic acid groups (broad SMARTS) is 2. The molecule has 2 N–H and O–H groups in total. The molecule has 26 heavy (non-hydrogen) atoms. The SMILES string of the molecule is C=C(OC(C(=O)O)[C@H](OC(=C)c1ccccc1)C(=O)O)c1ccccc1. The van der Waals surface area contributed by atoms with E-state index >= 15 is 0 Å². The first kappa shape index (κ1) is 18.8. The van der Waals surface area contributed by atoms with E-state index in [9.17, 15) is 19.8 Å². The number of benzene rings is 2. The molecule has 2 atom stereocenters. The second-order valence-electron chi connectivity index (χ2n) is 5.33. The second-order valence-corrected chi connectivity index (χ2v) is 5.33. The van der Waals surface area contributed by atoms with Crippen molar-refractivity contribution in [2.24, 2.45) is 0 Å². The van der Waals surface area contributed by atoms with Crippen molar-refractivity contribution in [3.8, 4) is 0 Å². The lowest BCUT2D eigenvalue weighted by molar-refractivity contribution is -0.165. The first-order valence-corrected chi connectivity index (χ1v) is 7.67. The molecule has 0 radical (unpaired) electrons. The van der Waals surface area contributed by atoms with Gasteiger partial charge in [-0.1, -0.05) is 73.8 Å². The van der Waals surface area contributed by atoms with Gasteiger partial charge in [0.2, 0.25) is 12.2 Å². The molecule has 0 aromatic heterocycles. The zero-order valence-electron chi connectivity index (χ0n) is 13.9. The molecule has 0 spiro atoms. The van der Waals surface area contributed by atoms with Crippen LogP contribution in [-0.2, 0) is 19.1 Å². The lowest BCUT2D eigenvalue weighted by Crippen LogP contribution is -2.43. The third-order valence-corrected chi connectivity index (χ3v) is 3.49. The van der Waals surface area contributed by atoms with Crippen LogP contribution in [0.2, 0.25) is 0 Å². The summed E-state index contributed by atoms with van der Waals surface area (Å²) in [6.07, 6.45) is -3.61. The highest BCUT2D eigenvalue weighted by Gasteiger charge is 2.39. The Morgan fingerprint density at radius 2 is 1.00 bits per heavy atom. The van der Waals surface area contributed by atoms with Gasteiger partial charge in [0.15, 0.2) is 0 Å². The minimum absolute atomic E-state index is 0.0261. The van der Waals surface area contributed by atoms with Crippen LogP contribution in [0.25, 0.3) is 11.5 Å². The largest absolute Gasteiger partial charge is 0.478 e. The van der Waals surface area contributed by atoms with Crippen molar-refractivity contribution in [3.05, 3.63) is 84.9 Å². The fourth-order valence-corrected chi connectivity index (χ4v) is 2.17. The number of hydrogen-bond donors (Lipinski definition) is 2. The highest BCUT2D eigenvalue weighted by atomic mass is 16.6. The minimum atomic E-state index is -1.80. The predicted molar refractivity (Wildman–Crippen MR) is 96.0 cm³/mol. The number of carboxylic acids is 2. The Bertz CT molecular complexity index is 728. The summed E-state index contributed by atoms with van der Waals surface area (Å²) in [6.45, 7) is 7.34. The van der Waals surface area contributed by atoms with Gasteiger partial charge in [0.05, 0.1) is 0 Å². The maximum absolute atomic E-state index is 11.6. The van der Waals surface area contributed by atoms with Gasteiger partial charge in [0.25, 0.3) is 0 Å². The normalized spacial score (nSPS) is 12.5. The number of hydrogen-bond acceptors (Lipinski definition) is 4. The van der Waals surface area contributed by atoms with Crippen LogP contribution in [0.15, 0.2) is 73.8 Å². The van der Waals surface area contributed by atoms with E-state index in [0.717, 1.165) is 0 Å². The Balaban J connectivity index is 2.20. The minimum Gasteiger partial charge on any atom is -0.478 e. The van der Waals surface area contributed by atoms with Gasteiger partial charge >= 0.3 is 11.9 Å². The zero-order valence-corrected chi connectivity index (χ0v) is 13.9. The Hall–Kier alpha value is -3.54. The molecule has 134 valence electrons. The summed E-state index contributed by atoms with van der Waals surface area (Å²) in [5.74, 6) is -2.93. The van der Waals surface area contributed by atoms with Crippen LogP contribution in [0.3, 0.4) is 0 Å². The summed E-state index contributed by atoms with van der Waals surface area (Å²) >= 11 is 0. The Morgan fingerprint density at radius 1 is 0.692 bits per heavy atom. The Kier molecular flexibility index (Phi) is 6.16. The van der Waals surface area contributed by atoms with Crippen LogP contribution in [0.5, 0.6) is 0 Å². The predicted octanol–water partition coefficient (Wildman–Crippen LogP) is 3.27. The van der Waals surface area contributed by atoms with Gasteiger partial charge in [-0.25, -0.2) is 9.59 Å². The fourth-order valence-electron chi connectivity index (χ4n) is 2.17. The van der Waals surface area contributed by atoms with Crippen LogP contribution in [0.4, 0.5) is 0 Å². The molecule has 2 aromatic carbocycles. The molecule has 6 nitrogen and oxygen atoms in total. The molecule has 0 amide bonds. The van der Waals surface area contributed by atoms with Crippen molar-refractivity contribution in [1.82, 2.24) is 0 Å². The van der Waals surface area contributed by atoms with Gasteiger partial charge in [-0.3, -0.25) is 0 Å². The van der Waals surface area contributed by atoms with E-state index in [1.54, 1.807) is 60.7 Å². The molecule has 0 saturated carbocycles. The Morgan fingerprint density at radius 3 is 1.27 bits per heavy atom. The lowest BCUT2D eigenvalue weighted by atomic mass is 10.1. The van der Waals surface area contributed by atoms with Gasteiger partial charge in [0.1, 0.15) is 11.5 Å². The van der Waals surface area contributed by atoms with Crippen molar-refractivity contribution in [1.29, 1.82) is 0 Å². The van der Waals surface area contributed by atoms with Crippen LogP contribution >= 0.6 is 0 Å².